The van der Waals surface area contributed by atoms with Crippen LogP contribution in [-0.4, -0.2) is 38.2 Å². The molecule has 1 aromatic carbocycles. The summed E-state index contributed by atoms with van der Waals surface area (Å²) in [6, 6.07) is 7.98. The summed E-state index contributed by atoms with van der Waals surface area (Å²) in [5.41, 5.74) is 0.727. The molecule has 1 heterocycles. The topological polar surface area (TPSA) is 101 Å². The zero-order valence-corrected chi connectivity index (χ0v) is 13.2. The predicted octanol–water partition coefficient (Wildman–Crippen LogP) is 2.16. The van der Waals surface area contributed by atoms with Crippen LogP contribution in [0.4, 0.5) is 10.6 Å². The van der Waals surface area contributed by atoms with E-state index in [2.05, 4.69) is 15.8 Å². The smallest absolute Gasteiger partial charge is 0.320 e. The fraction of sp³-hybridized carbons (Fsp3) is 0.231. The SMILES string of the molecule is CS(=O)(=O)CCNC(=O)Nc1cc(-c2cccc(Cl)c2)on1. The maximum Gasteiger partial charge on any atom is 0.320 e. The van der Waals surface area contributed by atoms with E-state index in [0.717, 1.165) is 11.8 Å². The summed E-state index contributed by atoms with van der Waals surface area (Å²) in [6.45, 7) is 0.0175. The Morgan fingerprint density at radius 3 is 2.82 bits per heavy atom. The molecule has 0 unspecified atom stereocenters. The molecule has 2 N–H and O–H groups in total. The van der Waals surface area contributed by atoms with Gasteiger partial charge in [0.25, 0.3) is 0 Å². The summed E-state index contributed by atoms with van der Waals surface area (Å²) in [4.78, 5) is 11.6. The Hall–Kier alpha value is -2.06. The highest BCUT2D eigenvalue weighted by atomic mass is 35.5. The quantitative estimate of drug-likeness (QED) is 0.866. The third kappa shape index (κ3) is 5.05. The summed E-state index contributed by atoms with van der Waals surface area (Å²) >= 11 is 5.89. The number of hydrogen-bond acceptors (Lipinski definition) is 5. The molecule has 0 saturated heterocycles. The van der Waals surface area contributed by atoms with Crippen molar-refractivity contribution in [2.24, 2.45) is 0 Å². The minimum absolute atomic E-state index is 0.0175. The lowest BCUT2D eigenvalue weighted by atomic mass is 10.2. The van der Waals surface area contributed by atoms with Crippen molar-refractivity contribution in [1.82, 2.24) is 10.5 Å². The van der Waals surface area contributed by atoms with Gasteiger partial charge < -0.3 is 9.84 Å². The van der Waals surface area contributed by atoms with Gasteiger partial charge in [-0.15, -0.1) is 0 Å². The number of hydrogen-bond donors (Lipinski definition) is 2. The van der Waals surface area contributed by atoms with Crippen molar-refractivity contribution in [3.63, 3.8) is 0 Å². The second-order valence-electron chi connectivity index (χ2n) is 4.60. The molecule has 22 heavy (non-hydrogen) atoms. The number of benzene rings is 1. The van der Waals surface area contributed by atoms with Crippen LogP contribution in [0.5, 0.6) is 0 Å². The summed E-state index contributed by atoms with van der Waals surface area (Å²) in [5.74, 6) is 0.535. The van der Waals surface area contributed by atoms with Crippen LogP contribution in [-0.2, 0) is 9.84 Å². The Balaban J connectivity index is 1.93. The van der Waals surface area contributed by atoms with E-state index in [0.29, 0.717) is 10.8 Å². The van der Waals surface area contributed by atoms with E-state index >= 15 is 0 Å². The number of rotatable bonds is 5. The molecule has 2 rings (SSSR count). The van der Waals surface area contributed by atoms with E-state index in [-0.39, 0.29) is 18.1 Å². The van der Waals surface area contributed by atoms with E-state index in [1.54, 1.807) is 30.3 Å². The van der Waals surface area contributed by atoms with Gasteiger partial charge >= 0.3 is 6.03 Å². The molecule has 2 aromatic rings. The number of urea groups is 1. The van der Waals surface area contributed by atoms with Crippen LogP contribution in [0.15, 0.2) is 34.9 Å². The lowest BCUT2D eigenvalue weighted by Crippen LogP contribution is -2.32. The van der Waals surface area contributed by atoms with Gasteiger partial charge in [-0.3, -0.25) is 5.32 Å². The Kier molecular flexibility index (Phi) is 5.04. The number of nitrogens with one attached hydrogen (secondary N) is 2. The molecule has 0 bridgehead atoms. The fourth-order valence-corrected chi connectivity index (χ4v) is 2.29. The molecule has 0 spiro atoms. The third-order valence-corrected chi connectivity index (χ3v) is 3.80. The molecule has 118 valence electrons. The lowest BCUT2D eigenvalue weighted by molar-refractivity contribution is 0.252. The zero-order valence-electron chi connectivity index (χ0n) is 11.7. The van der Waals surface area contributed by atoms with Crippen molar-refractivity contribution >= 4 is 33.3 Å². The van der Waals surface area contributed by atoms with E-state index in [4.69, 9.17) is 16.1 Å². The van der Waals surface area contributed by atoms with E-state index in [1.165, 1.54) is 0 Å². The van der Waals surface area contributed by atoms with Crippen LogP contribution >= 0.6 is 11.6 Å². The monoisotopic (exact) mass is 343 g/mol. The van der Waals surface area contributed by atoms with Crippen LogP contribution in [0.25, 0.3) is 11.3 Å². The van der Waals surface area contributed by atoms with Gasteiger partial charge in [0.2, 0.25) is 0 Å². The summed E-state index contributed by atoms with van der Waals surface area (Å²) in [6.07, 6.45) is 1.10. The van der Waals surface area contributed by atoms with Gasteiger partial charge in [0.1, 0.15) is 9.84 Å². The number of carbonyl (C=O) groups is 1. The summed E-state index contributed by atoms with van der Waals surface area (Å²) in [5, 5.41) is 9.13. The van der Waals surface area contributed by atoms with Crippen molar-refractivity contribution in [2.75, 3.05) is 23.9 Å². The van der Waals surface area contributed by atoms with Crippen LogP contribution in [0.3, 0.4) is 0 Å². The number of carbonyl (C=O) groups excluding carboxylic acids is 1. The van der Waals surface area contributed by atoms with Crippen LogP contribution in [0.2, 0.25) is 5.02 Å². The number of nitrogens with zero attached hydrogens (tertiary/aromatic N) is 1. The van der Waals surface area contributed by atoms with Gasteiger partial charge in [0.05, 0.1) is 5.75 Å². The highest BCUT2D eigenvalue weighted by Gasteiger charge is 2.10. The van der Waals surface area contributed by atoms with Crippen molar-refractivity contribution in [3.8, 4) is 11.3 Å². The molecule has 0 fully saturated rings. The first-order valence-electron chi connectivity index (χ1n) is 6.29. The van der Waals surface area contributed by atoms with Gasteiger partial charge in [0.15, 0.2) is 11.6 Å². The first kappa shape index (κ1) is 16.3. The van der Waals surface area contributed by atoms with E-state index in [1.807, 2.05) is 0 Å². The van der Waals surface area contributed by atoms with Crippen LogP contribution < -0.4 is 10.6 Å². The second-order valence-corrected chi connectivity index (χ2v) is 7.29. The molecule has 0 saturated carbocycles. The Morgan fingerprint density at radius 2 is 2.14 bits per heavy atom. The minimum Gasteiger partial charge on any atom is -0.354 e. The molecule has 1 aromatic heterocycles. The molecular formula is C13H14ClN3O4S. The van der Waals surface area contributed by atoms with Gasteiger partial charge in [-0.25, -0.2) is 13.2 Å². The number of aromatic nitrogens is 1. The minimum atomic E-state index is -3.12. The standard InChI is InChI=1S/C13H14ClN3O4S/c1-22(19,20)6-5-15-13(18)16-12-8-11(21-17-12)9-3-2-4-10(14)7-9/h2-4,7-8H,5-6H2,1H3,(H2,15,16,17,18). The molecule has 0 aliphatic rings. The Labute approximate surface area is 132 Å². The molecule has 9 heteroatoms. The molecule has 0 atom stereocenters. The zero-order chi connectivity index (χ0) is 16.2. The maximum atomic E-state index is 11.6. The first-order valence-corrected chi connectivity index (χ1v) is 8.72. The van der Waals surface area contributed by atoms with Crippen molar-refractivity contribution < 1.29 is 17.7 Å². The summed E-state index contributed by atoms with van der Waals surface area (Å²) < 4.78 is 27.0. The molecule has 0 radical (unpaired) electrons. The van der Waals surface area contributed by atoms with Gasteiger partial charge in [-0.1, -0.05) is 28.9 Å². The third-order valence-electron chi connectivity index (χ3n) is 2.62. The summed E-state index contributed by atoms with van der Waals surface area (Å²) in [7, 11) is -3.12. The average molecular weight is 344 g/mol. The highest BCUT2D eigenvalue weighted by molar-refractivity contribution is 7.90. The van der Waals surface area contributed by atoms with E-state index < -0.39 is 15.9 Å². The van der Waals surface area contributed by atoms with E-state index in [9.17, 15) is 13.2 Å². The first-order chi connectivity index (χ1) is 10.3. The molecule has 7 nitrogen and oxygen atoms in total. The normalized spacial score (nSPS) is 11.2. The number of amides is 2. The molecule has 0 aliphatic heterocycles. The second kappa shape index (κ2) is 6.80. The molecular weight excluding hydrogens is 330 g/mol. The van der Waals surface area contributed by atoms with Crippen LogP contribution in [0.1, 0.15) is 0 Å². The number of halogens is 1. The van der Waals surface area contributed by atoms with Crippen molar-refractivity contribution in [2.45, 2.75) is 0 Å². The largest absolute Gasteiger partial charge is 0.354 e. The number of sulfone groups is 1. The fourth-order valence-electron chi connectivity index (χ4n) is 1.62. The van der Waals surface area contributed by atoms with Gasteiger partial charge in [0, 0.05) is 29.5 Å². The van der Waals surface area contributed by atoms with Crippen molar-refractivity contribution in [3.05, 3.63) is 35.4 Å². The number of anilines is 1. The Morgan fingerprint density at radius 1 is 1.36 bits per heavy atom. The highest BCUT2D eigenvalue weighted by Crippen LogP contribution is 2.24. The molecule has 2 amide bonds. The Bertz CT molecular complexity index is 773. The maximum absolute atomic E-state index is 11.6. The van der Waals surface area contributed by atoms with Crippen molar-refractivity contribution in [1.29, 1.82) is 0 Å². The molecule has 0 aliphatic carbocycles. The van der Waals surface area contributed by atoms with Gasteiger partial charge in [-0.2, -0.15) is 0 Å². The van der Waals surface area contributed by atoms with Gasteiger partial charge in [-0.05, 0) is 12.1 Å². The lowest BCUT2D eigenvalue weighted by Gasteiger charge is -2.03. The predicted molar refractivity (Wildman–Crippen MR) is 83.7 cm³/mol. The van der Waals surface area contributed by atoms with Crippen LogP contribution in [0, 0.1) is 0 Å². The average Bonchev–Trinajstić information content (AvgIpc) is 2.85.